The number of amides is 3. The molecular weight excluding hydrogens is 268 g/mol. The number of carboxylic acids is 1. The number of aliphatic carboxylic acids is 1. The molecule has 1 unspecified atom stereocenters. The lowest BCUT2D eigenvalue weighted by Gasteiger charge is -2.17. The summed E-state index contributed by atoms with van der Waals surface area (Å²) in [5.74, 6) is -2.71. The predicted octanol–water partition coefficient (Wildman–Crippen LogP) is 0.0407. The summed E-state index contributed by atoms with van der Waals surface area (Å²) in [5, 5.41) is 12.5. The van der Waals surface area contributed by atoms with E-state index in [2.05, 4.69) is 10.1 Å². The Hall–Kier alpha value is -2.38. The average Bonchev–Trinajstić information content (AvgIpc) is 2.33. The standard InChI is InChI=1S/C12H18N2O6/c1-7(2)6-8(11(18)20-3)13-12(19)14-9(15)4-5-10(16)17/h4-5,7-8H,6H2,1-3H3,(H,16,17)(H2,13,14,15,19). The lowest BCUT2D eigenvalue weighted by atomic mass is 10.0. The van der Waals surface area contributed by atoms with E-state index in [1.54, 1.807) is 0 Å². The predicted molar refractivity (Wildman–Crippen MR) is 68.7 cm³/mol. The number of carbonyl (C=O) groups is 4. The minimum absolute atomic E-state index is 0.127. The highest BCUT2D eigenvalue weighted by atomic mass is 16.5. The van der Waals surface area contributed by atoms with Crippen molar-refractivity contribution in [3.63, 3.8) is 0 Å². The molecule has 0 saturated heterocycles. The zero-order valence-corrected chi connectivity index (χ0v) is 11.5. The van der Waals surface area contributed by atoms with Crippen molar-refractivity contribution in [1.82, 2.24) is 10.6 Å². The fraction of sp³-hybridized carbons (Fsp3) is 0.500. The lowest BCUT2D eigenvalue weighted by Crippen LogP contribution is -2.48. The van der Waals surface area contributed by atoms with E-state index in [4.69, 9.17) is 5.11 Å². The first-order chi connectivity index (χ1) is 9.26. The number of esters is 1. The van der Waals surface area contributed by atoms with Crippen LogP contribution in [0.2, 0.25) is 0 Å². The first-order valence-corrected chi connectivity index (χ1v) is 5.86. The Labute approximate surface area is 116 Å². The summed E-state index contributed by atoms with van der Waals surface area (Å²) in [7, 11) is 1.19. The largest absolute Gasteiger partial charge is 0.478 e. The van der Waals surface area contributed by atoms with Crippen molar-refractivity contribution in [2.75, 3.05) is 7.11 Å². The van der Waals surface area contributed by atoms with Crippen LogP contribution in [0, 0.1) is 5.92 Å². The van der Waals surface area contributed by atoms with Crippen LogP contribution in [-0.2, 0) is 19.1 Å². The Bertz CT molecular complexity index is 416. The number of hydrogen-bond donors (Lipinski definition) is 3. The van der Waals surface area contributed by atoms with Crippen LogP contribution >= 0.6 is 0 Å². The number of carboxylic acid groups (broad SMARTS) is 1. The van der Waals surface area contributed by atoms with Gasteiger partial charge in [-0.15, -0.1) is 0 Å². The van der Waals surface area contributed by atoms with Gasteiger partial charge in [0.2, 0.25) is 0 Å². The number of imide groups is 1. The Morgan fingerprint density at radius 2 is 1.80 bits per heavy atom. The molecule has 0 fully saturated rings. The minimum atomic E-state index is -1.31. The number of hydrogen-bond acceptors (Lipinski definition) is 5. The monoisotopic (exact) mass is 286 g/mol. The zero-order chi connectivity index (χ0) is 15.7. The normalized spacial score (nSPS) is 12.0. The van der Waals surface area contributed by atoms with Crippen molar-refractivity contribution in [3.8, 4) is 0 Å². The van der Waals surface area contributed by atoms with Crippen LogP contribution in [0.1, 0.15) is 20.3 Å². The molecule has 0 aromatic rings. The lowest BCUT2D eigenvalue weighted by molar-refractivity contribution is -0.143. The maximum absolute atomic E-state index is 11.5. The molecule has 0 aromatic heterocycles. The highest BCUT2D eigenvalue weighted by molar-refractivity contribution is 6.03. The molecule has 3 amide bonds. The second-order valence-corrected chi connectivity index (χ2v) is 4.34. The smallest absolute Gasteiger partial charge is 0.328 e. The number of rotatable bonds is 6. The molecule has 1 atom stereocenters. The van der Waals surface area contributed by atoms with Gasteiger partial charge in [0, 0.05) is 12.2 Å². The van der Waals surface area contributed by atoms with Gasteiger partial charge >= 0.3 is 18.0 Å². The van der Waals surface area contributed by atoms with Gasteiger partial charge in [-0.3, -0.25) is 10.1 Å². The molecule has 0 aliphatic heterocycles. The number of carbonyl (C=O) groups excluding carboxylic acids is 3. The van der Waals surface area contributed by atoms with Crippen LogP contribution in [0.15, 0.2) is 12.2 Å². The van der Waals surface area contributed by atoms with E-state index in [1.165, 1.54) is 7.11 Å². The van der Waals surface area contributed by atoms with Gasteiger partial charge in [0.05, 0.1) is 7.11 Å². The molecule has 0 aromatic carbocycles. The maximum Gasteiger partial charge on any atom is 0.328 e. The second-order valence-electron chi connectivity index (χ2n) is 4.34. The fourth-order valence-corrected chi connectivity index (χ4v) is 1.32. The molecular formula is C12H18N2O6. The van der Waals surface area contributed by atoms with Crippen molar-refractivity contribution in [3.05, 3.63) is 12.2 Å². The van der Waals surface area contributed by atoms with Crippen LogP contribution in [0.4, 0.5) is 4.79 Å². The van der Waals surface area contributed by atoms with Crippen LogP contribution in [0.25, 0.3) is 0 Å². The number of ether oxygens (including phenoxy) is 1. The molecule has 0 aliphatic carbocycles. The molecule has 8 nitrogen and oxygen atoms in total. The Morgan fingerprint density at radius 1 is 1.20 bits per heavy atom. The van der Waals surface area contributed by atoms with E-state index < -0.39 is 29.9 Å². The first-order valence-electron chi connectivity index (χ1n) is 5.86. The summed E-state index contributed by atoms with van der Waals surface area (Å²) in [6.45, 7) is 3.71. The third-order valence-corrected chi connectivity index (χ3v) is 2.11. The molecule has 3 N–H and O–H groups in total. The summed E-state index contributed by atoms with van der Waals surface area (Å²) in [6.07, 6.45) is 1.63. The SMILES string of the molecule is COC(=O)C(CC(C)C)NC(=O)NC(=O)C=CC(=O)O. The van der Waals surface area contributed by atoms with Gasteiger partial charge in [0.25, 0.3) is 5.91 Å². The average molecular weight is 286 g/mol. The van der Waals surface area contributed by atoms with Gasteiger partial charge in [-0.2, -0.15) is 0 Å². The van der Waals surface area contributed by atoms with Crippen LogP contribution in [0.5, 0.6) is 0 Å². The summed E-state index contributed by atoms with van der Waals surface area (Å²) in [5.41, 5.74) is 0. The molecule has 0 rings (SSSR count). The highest BCUT2D eigenvalue weighted by Crippen LogP contribution is 2.05. The van der Waals surface area contributed by atoms with Gasteiger partial charge in [0.1, 0.15) is 6.04 Å². The van der Waals surface area contributed by atoms with Crippen LogP contribution in [-0.4, -0.2) is 42.1 Å². The van der Waals surface area contributed by atoms with Crippen molar-refractivity contribution >= 4 is 23.9 Å². The van der Waals surface area contributed by atoms with Gasteiger partial charge in [0.15, 0.2) is 0 Å². The van der Waals surface area contributed by atoms with E-state index in [0.29, 0.717) is 18.6 Å². The number of urea groups is 1. The van der Waals surface area contributed by atoms with Crippen LogP contribution < -0.4 is 10.6 Å². The Balaban J connectivity index is 4.49. The van der Waals surface area contributed by atoms with E-state index in [-0.39, 0.29) is 5.92 Å². The van der Waals surface area contributed by atoms with E-state index in [0.717, 1.165) is 0 Å². The molecule has 0 bridgehead atoms. The first kappa shape index (κ1) is 17.6. The van der Waals surface area contributed by atoms with E-state index >= 15 is 0 Å². The van der Waals surface area contributed by atoms with Crippen molar-refractivity contribution in [1.29, 1.82) is 0 Å². The van der Waals surface area contributed by atoms with Crippen molar-refractivity contribution < 1.29 is 29.0 Å². The third-order valence-electron chi connectivity index (χ3n) is 2.11. The zero-order valence-electron chi connectivity index (χ0n) is 11.5. The molecule has 20 heavy (non-hydrogen) atoms. The summed E-state index contributed by atoms with van der Waals surface area (Å²) < 4.78 is 4.54. The van der Waals surface area contributed by atoms with Crippen molar-refractivity contribution in [2.45, 2.75) is 26.3 Å². The van der Waals surface area contributed by atoms with E-state index in [1.807, 2.05) is 19.2 Å². The number of nitrogens with one attached hydrogen (secondary N) is 2. The quantitative estimate of drug-likeness (QED) is 0.468. The van der Waals surface area contributed by atoms with Gasteiger partial charge in [-0.1, -0.05) is 13.8 Å². The van der Waals surface area contributed by atoms with Crippen LogP contribution in [0.3, 0.4) is 0 Å². The fourth-order valence-electron chi connectivity index (χ4n) is 1.32. The molecule has 8 heteroatoms. The molecule has 0 heterocycles. The highest BCUT2D eigenvalue weighted by Gasteiger charge is 2.22. The summed E-state index contributed by atoms with van der Waals surface area (Å²) in [6, 6.07) is -1.78. The number of methoxy groups -OCH3 is 1. The Morgan fingerprint density at radius 3 is 2.25 bits per heavy atom. The molecule has 0 aliphatic rings. The minimum Gasteiger partial charge on any atom is -0.478 e. The maximum atomic E-state index is 11.5. The molecule has 0 spiro atoms. The Kier molecular flexibility index (Phi) is 7.64. The molecule has 0 radical (unpaired) electrons. The molecule has 112 valence electrons. The van der Waals surface area contributed by atoms with Gasteiger partial charge in [-0.25, -0.2) is 14.4 Å². The van der Waals surface area contributed by atoms with Gasteiger partial charge in [-0.05, 0) is 12.3 Å². The van der Waals surface area contributed by atoms with Crippen molar-refractivity contribution in [2.24, 2.45) is 5.92 Å². The second kappa shape index (κ2) is 8.68. The summed E-state index contributed by atoms with van der Waals surface area (Å²) in [4.78, 5) is 44.3. The summed E-state index contributed by atoms with van der Waals surface area (Å²) >= 11 is 0. The van der Waals surface area contributed by atoms with E-state index in [9.17, 15) is 19.2 Å². The van der Waals surface area contributed by atoms with Gasteiger partial charge < -0.3 is 15.2 Å². The third kappa shape index (κ3) is 7.85. The topological polar surface area (TPSA) is 122 Å². The molecule has 0 saturated carbocycles.